The molecule has 2 aromatic heterocycles. The fraction of sp³-hybridized carbons (Fsp3) is 0.227. The lowest BCUT2D eigenvalue weighted by molar-refractivity contribution is -0.121. The lowest BCUT2D eigenvalue weighted by Crippen LogP contribution is -2.26. The van der Waals surface area contributed by atoms with Gasteiger partial charge >= 0.3 is 0 Å². The van der Waals surface area contributed by atoms with Gasteiger partial charge in [-0.2, -0.15) is 0 Å². The van der Waals surface area contributed by atoms with Gasteiger partial charge in [-0.25, -0.2) is 0 Å². The van der Waals surface area contributed by atoms with Crippen LogP contribution in [-0.4, -0.2) is 29.1 Å². The number of hydrogen-bond donors (Lipinski definition) is 2. The van der Waals surface area contributed by atoms with Gasteiger partial charge in [0.15, 0.2) is 0 Å². The van der Waals surface area contributed by atoms with Crippen LogP contribution in [0, 0.1) is 0 Å². The largest absolute Gasteiger partial charge is 0.495 e. The molecular weight excluding hydrogens is 374 g/mol. The molecule has 0 spiro atoms. The smallest absolute Gasteiger partial charge is 0.221 e. The molecule has 0 bridgehead atoms. The first kappa shape index (κ1) is 18.4. The molecule has 5 nitrogen and oxygen atoms in total. The van der Waals surface area contributed by atoms with E-state index >= 15 is 0 Å². The van der Waals surface area contributed by atoms with Gasteiger partial charge in [0, 0.05) is 53.2 Å². The molecule has 0 saturated carbocycles. The van der Waals surface area contributed by atoms with Gasteiger partial charge in [-0.1, -0.05) is 23.7 Å². The van der Waals surface area contributed by atoms with Crippen LogP contribution < -0.4 is 10.1 Å². The van der Waals surface area contributed by atoms with Crippen molar-refractivity contribution in [3.8, 4) is 5.75 Å². The molecule has 2 N–H and O–H groups in total. The van der Waals surface area contributed by atoms with Gasteiger partial charge in [-0.15, -0.1) is 0 Å². The first-order valence-corrected chi connectivity index (χ1v) is 9.67. The molecule has 0 aliphatic carbocycles. The number of hydrogen-bond acceptors (Lipinski definition) is 2. The maximum Gasteiger partial charge on any atom is 0.221 e. The number of aromatic amines is 1. The Morgan fingerprint density at radius 1 is 1.25 bits per heavy atom. The molecular formula is C22H22ClN3O2. The third kappa shape index (κ3) is 3.71. The zero-order valence-electron chi connectivity index (χ0n) is 15.7. The van der Waals surface area contributed by atoms with Crippen LogP contribution in [-0.2, 0) is 17.8 Å². The number of aromatic nitrogens is 2. The summed E-state index contributed by atoms with van der Waals surface area (Å²) in [6.45, 7) is 1.20. The van der Waals surface area contributed by atoms with Crippen molar-refractivity contribution in [3.63, 3.8) is 0 Å². The molecule has 2 heterocycles. The predicted molar refractivity (Wildman–Crippen MR) is 113 cm³/mol. The second-order valence-corrected chi connectivity index (χ2v) is 7.20. The average molecular weight is 396 g/mol. The van der Waals surface area contributed by atoms with Crippen LogP contribution in [0.4, 0.5) is 0 Å². The van der Waals surface area contributed by atoms with E-state index in [1.54, 1.807) is 7.11 Å². The molecule has 144 valence electrons. The first-order chi connectivity index (χ1) is 13.7. The van der Waals surface area contributed by atoms with Crippen molar-refractivity contribution in [2.24, 2.45) is 0 Å². The fourth-order valence-electron chi connectivity index (χ4n) is 3.58. The molecule has 4 rings (SSSR count). The normalized spacial score (nSPS) is 11.2. The number of amides is 1. The van der Waals surface area contributed by atoms with Gasteiger partial charge in [-0.05, 0) is 42.3 Å². The number of benzene rings is 2. The highest BCUT2D eigenvalue weighted by Crippen LogP contribution is 2.26. The maximum absolute atomic E-state index is 12.3. The second kappa shape index (κ2) is 7.98. The van der Waals surface area contributed by atoms with Crippen molar-refractivity contribution in [2.45, 2.75) is 19.4 Å². The molecule has 2 aromatic carbocycles. The molecule has 0 atom stereocenters. The summed E-state index contributed by atoms with van der Waals surface area (Å²) in [4.78, 5) is 15.5. The number of aryl methyl sites for hydroxylation is 1. The Bertz CT molecular complexity index is 1130. The molecule has 0 radical (unpaired) electrons. The Labute approximate surface area is 168 Å². The van der Waals surface area contributed by atoms with Crippen LogP contribution in [0.15, 0.2) is 54.9 Å². The quantitative estimate of drug-likeness (QED) is 0.483. The predicted octanol–water partition coefficient (Wildman–Crippen LogP) is 4.53. The van der Waals surface area contributed by atoms with E-state index < -0.39 is 0 Å². The van der Waals surface area contributed by atoms with E-state index in [2.05, 4.69) is 14.9 Å². The van der Waals surface area contributed by atoms with E-state index in [9.17, 15) is 4.79 Å². The Kier molecular flexibility index (Phi) is 5.26. The summed E-state index contributed by atoms with van der Waals surface area (Å²) in [7, 11) is 1.66. The number of halogens is 1. The van der Waals surface area contributed by atoms with Crippen molar-refractivity contribution in [2.75, 3.05) is 13.7 Å². The van der Waals surface area contributed by atoms with Gasteiger partial charge in [0.1, 0.15) is 5.75 Å². The van der Waals surface area contributed by atoms with Crippen LogP contribution in [0.2, 0.25) is 5.02 Å². The lowest BCUT2D eigenvalue weighted by atomic mass is 10.1. The summed E-state index contributed by atoms with van der Waals surface area (Å²) in [5, 5.41) is 5.94. The zero-order chi connectivity index (χ0) is 19.5. The van der Waals surface area contributed by atoms with Crippen molar-refractivity contribution >= 4 is 39.3 Å². The highest BCUT2D eigenvalue weighted by molar-refractivity contribution is 6.31. The number of H-pyrrole nitrogens is 1. The molecule has 0 unspecified atom stereocenters. The van der Waals surface area contributed by atoms with Crippen molar-refractivity contribution < 1.29 is 9.53 Å². The molecule has 0 saturated heterocycles. The summed E-state index contributed by atoms with van der Waals surface area (Å²) in [5.41, 5.74) is 3.23. The van der Waals surface area contributed by atoms with E-state index in [0.717, 1.165) is 39.5 Å². The van der Waals surface area contributed by atoms with Crippen LogP contribution in [0.25, 0.3) is 21.8 Å². The number of carbonyl (C=O) groups is 1. The van der Waals surface area contributed by atoms with Gasteiger partial charge in [0.05, 0.1) is 12.6 Å². The van der Waals surface area contributed by atoms with E-state index in [4.69, 9.17) is 16.3 Å². The number of methoxy groups -OCH3 is 1. The number of nitrogens with one attached hydrogen (secondary N) is 2. The van der Waals surface area contributed by atoms with Gasteiger partial charge in [-0.3, -0.25) is 4.79 Å². The SMILES string of the molecule is COc1cccc2ccn(CCC(=O)NCCc3c[nH]c4ccc(Cl)cc34)c12. The Morgan fingerprint density at radius 2 is 2.14 bits per heavy atom. The molecule has 28 heavy (non-hydrogen) atoms. The average Bonchev–Trinajstić information content (AvgIpc) is 3.30. The third-order valence-corrected chi connectivity index (χ3v) is 5.23. The molecule has 6 heteroatoms. The third-order valence-electron chi connectivity index (χ3n) is 5.00. The van der Waals surface area contributed by atoms with Crippen LogP contribution in [0.5, 0.6) is 5.75 Å². The molecule has 1 amide bonds. The van der Waals surface area contributed by atoms with Gasteiger partial charge in [0.2, 0.25) is 5.91 Å². The highest BCUT2D eigenvalue weighted by Gasteiger charge is 2.09. The van der Waals surface area contributed by atoms with Crippen LogP contribution >= 0.6 is 11.6 Å². The Hall–Kier alpha value is -2.92. The van der Waals surface area contributed by atoms with Crippen molar-refractivity contribution in [3.05, 3.63) is 65.4 Å². The Morgan fingerprint density at radius 3 is 3.00 bits per heavy atom. The lowest BCUT2D eigenvalue weighted by Gasteiger charge is -2.09. The molecule has 0 fully saturated rings. The summed E-state index contributed by atoms with van der Waals surface area (Å²) in [6.07, 6.45) is 5.15. The number of rotatable bonds is 7. The molecule has 4 aromatic rings. The van der Waals surface area contributed by atoms with Crippen molar-refractivity contribution in [1.82, 2.24) is 14.9 Å². The van der Waals surface area contributed by atoms with E-state index in [-0.39, 0.29) is 5.91 Å². The monoisotopic (exact) mass is 395 g/mol. The van der Waals surface area contributed by atoms with Crippen molar-refractivity contribution in [1.29, 1.82) is 0 Å². The number of carbonyl (C=O) groups excluding carboxylic acids is 1. The minimum atomic E-state index is 0.0367. The maximum atomic E-state index is 12.3. The topological polar surface area (TPSA) is 59.0 Å². The summed E-state index contributed by atoms with van der Waals surface area (Å²) >= 11 is 6.09. The number of para-hydroxylation sites is 1. The first-order valence-electron chi connectivity index (χ1n) is 9.30. The molecule has 0 aliphatic heterocycles. The number of ether oxygens (including phenoxy) is 1. The summed E-state index contributed by atoms with van der Waals surface area (Å²) < 4.78 is 7.51. The fourth-order valence-corrected chi connectivity index (χ4v) is 3.75. The standard InChI is InChI=1S/C22H22ClN3O2/c1-28-20-4-2-3-15-8-11-26(22(15)20)12-9-21(27)24-10-7-16-14-25-19-6-5-17(23)13-18(16)19/h2-6,8,11,13-14,25H,7,9-10,12H2,1H3,(H,24,27). The minimum Gasteiger partial charge on any atom is -0.495 e. The van der Waals surface area contributed by atoms with Crippen LogP contribution in [0.1, 0.15) is 12.0 Å². The van der Waals surface area contributed by atoms with Crippen LogP contribution in [0.3, 0.4) is 0 Å². The van der Waals surface area contributed by atoms with E-state index in [1.807, 2.05) is 54.9 Å². The zero-order valence-corrected chi connectivity index (χ0v) is 16.4. The van der Waals surface area contributed by atoms with E-state index in [0.29, 0.717) is 24.5 Å². The summed E-state index contributed by atoms with van der Waals surface area (Å²) in [5.74, 6) is 0.857. The molecule has 0 aliphatic rings. The number of nitrogens with zero attached hydrogens (tertiary/aromatic N) is 1. The van der Waals surface area contributed by atoms with E-state index in [1.165, 1.54) is 0 Å². The summed E-state index contributed by atoms with van der Waals surface area (Å²) in [6, 6.07) is 13.8. The minimum absolute atomic E-state index is 0.0367. The highest BCUT2D eigenvalue weighted by atomic mass is 35.5. The van der Waals surface area contributed by atoms with Gasteiger partial charge < -0.3 is 19.6 Å². The number of fused-ring (bicyclic) bond motifs is 2. The second-order valence-electron chi connectivity index (χ2n) is 6.76. The van der Waals surface area contributed by atoms with Gasteiger partial charge in [0.25, 0.3) is 0 Å². The Balaban J connectivity index is 1.33.